The van der Waals surface area contributed by atoms with Crippen LogP contribution in [0.4, 0.5) is 0 Å². The highest BCUT2D eigenvalue weighted by atomic mass is 16.5. The fourth-order valence-electron chi connectivity index (χ4n) is 5.69. The van der Waals surface area contributed by atoms with E-state index in [0.29, 0.717) is 13.2 Å². The van der Waals surface area contributed by atoms with Crippen LogP contribution in [-0.4, -0.2) is 117 Å². The third-order valence-electron chi connectivity index (χ3n) is 8.32. The van der Waals surface area contributed by atoms with Crippen molar-refractivity contribution in [3.8, 4) is 5.75 Å². The third-order valence-corrected chi connectivity index (χ3v) is 8.32. The first-order valence-corrected chi connectivity index (χ1v) is 13.9. The molecule has 3 saturated heterocycles. The molecule has 1 aromatic carbocycles. The van der Waals surface area contributed by atoms with E-state index in [1.54, 1.807) is 7.05 Å². The molecule has 3 heterocycles. The van der Waals surface area contributed by atoms with Gasteiger partial charge in [-0.05, 0) is 81.9 Å². The molecule has 4 rings (SSSR count). The van der Waals surface area contributed by atoms with Crippen molar-refractivity contribution < 1.29 is 9.53 Å². The second-order valence-corrected chi connectivity index (χ2v) is 10.8. The Morgan fingerprint density at radius 3 is 2.14 bits per heavy atom. The van der Waals surface area contributed by atoms with E-state index in [4.69, 9.17) is 4.74 Å². The van der Waals surface area contributed by atoms with Crippen molar-refractivity contribution in [3.05, 3.63) is 29.8 Å². The Bertz CT molecular complexity index is 749. The van der Waals surface area contributed by atoms with Crippen LogP contribution in [0, 0.1) is 5.92 Å². The first-order chi connectivity index (χ1) is 17.1. The third kappa shape index (κ3) is 8.45. The molecule has 3 aliphatic heterocycles. The summed E-state index contributed by atoms with van der Waals surface area (Å²) in [6.07, 6.45) is 6.57. The number of benzene rings is 1. The van der Waals surface area contributed by atoms with Crippen LogP contribution in [0.15, 0.2) is 24.3 Å². The molecule has 7 heteroatoms. The molecule has 1 N–H and O–H groups in total. The lowest BCUT2D eigenvalue weighted by molar-refractivity contribution is -0.122. The van der Waals surface area contributed by atoms with Gasteiger partial charge < -0.3 is 19.9 Å². The molecule has 35 heavy (non-hydrogen) atoms. The molecular weight excluding hydrogens is 438 g/mol. The number of likely N-dealkylation sites (N-methyl/N-ethyl adjacent to an activating group) is 1. The van der Waals surface area contributed by atoms with E-state index >= 15 is 0 Å². The highest BCUT2D eigenvalue weighted by Gasteiger charge is 2.27. The van der Waals surface area contributed by atoms with Crippen molar-refractivity contribution >= 4 is 5.91 Å². The normalized spacial score (nSPS) is 22.3. The summed E-state index contributed by atoms with van der Waals surface area (Å²) in [5, 5.41) is 2.70. The highest BCUT2D eigenvalue weighted by molar-refractivity contribution is 5.77. The molecule has 0 aliphatic carbocycles. The summed E-state index contributed by atoms with van der Waals surface area (Å²) in [5.41, 5.74) is 1.40. The fraction of sp³-hybridized carbons (Fsp3) is 0.750. The second kappa shape index (κ2) is 13.6. The average molecular weight is 486 g/mol. The Kier molecular flexibility index (Phi) is 10.2. The van der Waals surface area contributed by atoms with Gasteiger partial charge >= 0.3 is 0 Å². The van der Waals surface area contributed by atoms with Crippen LogP contribution in [0.25, 0.3) is 0 Å². The minimum Gasteiger partial charge on any atom is -0.492 e. The summed E-state index contributed by atoms with van der Waals surface area (Å²) in [7, 11) is 1.70. The van der Waals surface area contributed by atoms with Gasteiger partial charge in [0.1, 0.15) is 12.4 Å². The summed E-state index contributed by atoms with van der Waals surface area (Å²) >= 11 is 0. The van der Waals surface area contributed by atoms with Gasteiger partial charge in [0, 0.05) is 52.4 Å². The van der Waals surface area contributed by atoms with Gasteiger partial charge in [0.25, 0.3) is 0 Å². The fourth-order valence-corrected chi connectivity index (χ4v) is 5.69. The molecule has 0 aromatic heterocycles. The van der Waals surface area contributed by atoms with Gasteiger partial charge in [-0.15, -0.1) is 0 Å². The molecule has 0 atom stereocenters. The molecule has 0 spiro atoms. The number of ether oxygens (including phenoxy) is 1. The molecule has 0 saturated carbocycles. The van der Waals surface area contributed by atoms with Crippen LogP contribution in [0.1, 0.15) is 38.2 Å². The maximum absolute atomic E-state index is 11.5. The average Bonchev–Trinajstić information content (AvgIpc) is 2.90. The quantitative estimate of drug-likeness (QED) is 0.548. The number of rotatable bonds is 10. The minimum atomic E-state index is 0.0948. The van der Waals surface area contributed by atoms with Gasteiger partial charge in [-0.3, -0.25) is 14.6 Å². The molecule has 1 amide bonds. The summed E-state index contributed by atoms with van der Waals surface area (Å²) < 4.78 is 6.01. The van der Waals surface area contributed by atoms with Crippen LogP contribution in [0.2, 0.25) is 0 Å². The zero-order valence-corrected chi connectivity index (χ0v) is 22.1. The van der Waals surface area contributed by atoms with Gasteiger partial charge in [-0.1, -0.05) is 19.1 Å². The molecule has 7 nitrogen and oxygen atoms in total. The number of carbonyl (C=O) groups excluding carboxylic acids is 1. The summed E-state index contributed by atoms with van der Waals surface area (Å²) in [6.45, 7) is 14.7. The summed E-state index contributed by atoms with van der Waals surface area (Å²) in [4.78, 5) is 21.6. The number of hydrogen-bond acceptors (Lipinski definition) is 6. The molecule has 1 aromatic rings. The van der Waals surface area contributed by atoms with Crippen molar-refractivity contribution in [2.45, 2.75) is 45.1 Å². The van der Waals surface area contributed by atoms with E-state index in [1.807, 2.05) is 0 Å². The molecular formula is C28H47N5O2. The maximum atomic E-state index is 11.5. The first kappa shape index (κ1) is 26.4. The topological polar surface area (TPSA) is 51.3 Å². The smallest absolute Gasteiger partial charge is 0.233 e. The molecule has 0 unspecified atom stereocenters. The number of likely N-dealkylation sites (tertiary alicyclic amines) is 2. The van der Waals surface area contributed by atoms with E-state index in [2.05, 4.69) is 56.1 Å². The predicted octanol–water partition coefficient (Wildman–Crippen LogP) is 2.17. The van der Waals surface area contributed by atoms with Gasteiger partial charge in [0.05, 0.1) is 6.54 Å². The zero-order chi connectivity index (χ0) is 24.5. The summed E-state index contributed by atoms with van der Waals surface area (Å²) in [6, 6.07) is 9.53. The van der Waals surface area contributed by atoms with Gasteiger partial charge in [-0.2, -0.15) is 0 Å². The first-order valence-electron chi connectivity index (χ1n) is 13.9. The molecule has 0 radical (unpaired) electrons. The van der Waals surface area contributed by atoms with Crippen molar-refractivity contribution in [2.24, 2.45) is 5.92 Å². The molecule has 3 fully saturated rings. The SMILES string of the molecule is CNC(=O)CN1CCN(CCOc2ccc(CCN3CCC(N4CCC(C)CC4)CC3)cc2)CC1. The predicted molar refractivity (Wildman–Crippen MR) is 142 cm³/mol. The lowest BCUT2D eigenvalue weighted by Crippen LogP contribution is -2.49. The number of nitrogens with one attached hydrogen (secondary N) is 1. The molecule has 0 bridgehead atoms. The summed E-state index contributed by atoms with van der Waals surface area (Å²) in [5.74, 6) is 1.98. The van der Waals surface area contributed by atoms with Crippen LogP contribution in [0.3, 0.4) is 0 Å². The van der Waals surface area contributed by atoms with Crippen LogP contribution < -0.4 is 10.1 Å². The van der Waals surface area contributed by atoms with Crippen LogP contribution >= 0.6 is 0 Å². The maximum Gasteiger partial charge on any atom is 0.233 e. The number of nitrogens with zero attached hydrogens (tertiary/aromatic N) is 4. The number of amides is 1. The van der Waals surface area contributed by atoms with Gasteiger partial charge in [0.15, 0.2) is 0 Å². The van der Waals surface area contributed by atoms with Crippen molar-refractivity contribution in [2.75, 3.05) is 85.6 Å². The minimum absolute atomic E-state index is 0.0948. The second-order valence-electron chi connectivity index (χ2n) is 10.8. The Balaban J connectivity index is 1.07. The molecule has 196 valence electrons. The van der Waals surface area contributed by atoms with E-state index < -0.39 is 0 Å². The van der Waals surface area contributed by atoms with Gasteiger partial charge in [0.2, 0.25) is 5.91 Å². The lowest BCUT2D eigenvalue weighted by atomic mass is 9.95. The van der Waals surface area contributed by atoms with Gasteiger partial charge in [-0.25, -0.2) is 0 Å². The number of piperazine rings is 1. The monoisotopic (exact) mass is 485 g/mol. The Labute approximate surface area is 212 Å². The van der Waals surface area contributed by atoms with E-state index in [9.17, 15) is 4.79 Å². The zero-order valence-electron chi connectivity index (χ0n) is 22.1. The largest absolute Gasteiger partial charge is 0.492 e. The van der Waals surface area contributed by atoms with Crippen LogP contribution in [0.5, 0.6) is 5.75 Å². The lowest BCUT2D eigenvalue weighted by Gasteiger charge is -2.41. The number of piperidine rings is 2. The number of carbonyl (C=O) groups is 1. The number of hydrogen-bond donors (Lipinski definition) is 1. The van der Waals surface area contributed by atoms with E-state index in [-0.39, 0.29) is 5.91 Å². The van der Waals surface area contributed by atoms with E-state index in [0.717, 1.165) is 63.4 Å². The van der Waals surface area contributed by atoms with Crippen molar-refractivity contribution in [1.82, 2.24) is 24.9 Å². The van der Waals surface area contributed by atoms with Crippen molar-refractivity contribution in [1.29, 1.82) is 0 Å². The Hall–Kier alpha value is -1.67. The van der Waals surface area contributed by atoms with E-state index in [1.165, 1.54) is 57.4 Å². The van der Waals surface area contributed by atoms with Crippen molar-refractivity contribution in [3.63, 3.8) is 0 Å². The van der Waals surface area contributed by atoms with Crippen LogP contribution in [-0.2, 0) is 11.2 Å². The molecule has 3 aliphatic rings. The Morgan fingerprint density at radius 2 is 1.49 bits per heavy atom. The highest BCUT2D eigenvalue weighted by Crippen LogP contribution is 2.23. The standard InChI is InChI=1S/C28H47N5O2/c1-24-7-15-33(16-8-24)26-10-13-30(14-11-26)12-9-25-3-5-27(6-4-25)35-22-21-31-17-19-32(20-18-31)23-28(34)29-2/h3-6,24,26H,7-23H2,1-2H3,(H,29,34). The Morgan fingerprint density at radius 1 is 0.857 bits per heavy atom.